The fourth-order valence-electron chi connectivity index (χ4n) is 5.29. The second-order valence-corrected chi connectivity index (χ2v) is 8.21. The van der Waals surface area contributed by atoms with Gasteiger partial charge < -0.3 is 15.5 Å². The third-order valence-electron chi connectivity index (χ3n) is 6.64. The number of hydrogen-bond acceptors (Lipinski definition) is 3. The summed E-state index contributed by atoms with van der Waals surface area (Å²) in [5, 5.41) is 7.03. The van der Waals surface area contributed by atoms with Gasteiger partial charge in [0.05, 0.1) is 17.3 Å². The van der Waals surface area contributed by atoms with Crippen molar-refractivity contribution < 1.29 is 4.79 Å². The molecule has 140 valence electrons. The summed E-state index contributed by atoms with van der Waals surface area (Å²) in [5.74, 6) is 1.23. The van der Waals surface area contributed by atoms with Crippen LogP contribution in [0.3, 0.4) is 0 Å². The molecule has 3 heterocycles. The Morgan fingerprint density at radius 3 is 2.89 bits per heavy atom. The Bertz CT molecular complexity index is 878. The van der Waals surface area contributed by atoms with Gasteiger partial charge >= 0.3 is 0 Å². The molecule has 0 bridgehead atoms. The summed E-state index contributed by atoms with van der Waals surface area (Å²) in [5.41, 5.74) is 5.77. The van der Waals surface area contributed by atoms with E-state index in [1.807, 2.05) is 12.1 Å². The zero-order valence-corrected chi connectivity index (χ0v) is 15.9. The Labute approximate surface area is 161 Å². The monoisotopic (exact) mass is 361 g/mol. The minimum absolute atomic E-state index is 0.165. The van der Waals surface area contributed by atoms with Gasteiger partial charge in [0.25, 0.3) is 5.91 Å². The van der Waals surface area contributed by atoms with E-state index in [0.29, 0.717) is 11.8 Å². The lowest BCUT2D eigenvalue weighted by Gasteiger charge is -2.31. The van der Waals surface area contributed by atoms with Gasteiger partial charge in [-0.1, -0.05) is 36.4 Å². The molecule has 0 aromatic heterocycles. The molecule has 3 atom stereocenters. The van der Waals surface area contributed by atoms with Crippen LogP contribution in [-0.2, 0) is 6.42 Å². The summed E-state index contributed by atoms with van der Waals surface area (Å²) in [6.07, 6.45) is 2.19. The predicted molar refractivity (Wildman–Crippen MR) is 108 cm³/mol. The maximum absolute atomic E-state index is 13.7. The molecule has 1 amide bonds. The van der Waals surface area contributed by atoms with E-state index in [2.05, 4.69) is 52.8 Å². The van der Waals surface area contributed by atoms with Crippen LogP contribution in [0.4, 0.5) is 5.69 Å². The summed E-state index contributed by atoms with van der Waals surface area (Å²) in [6, 6.07) is 14.9. The molecule has 2 saturated heterocycles. The first kappa shape index (κ1) is 16.8. The van der Waals surface area contributed by atoms with Crippen molar-refractivity contribution in [2.24, 2.45) is 11.8 Å². The van der Waals surface area contributed by atoms with Crippen LogP contribution in [0.2, 0.25) is 0 Å². The van der Waals surface area contributed by atoms with Crippen molar-refractivity contribution in [2.75, 3.05) is 31.5 Å². The normalized spacial score (nSPS) is 26.4. The Morgan fingerprint density at radius 1 is 1.11 bits per heavy atom. The number of carbonyl (C=O) groups excluding carboxylic acids is 1. The predicted octanol–water partition coefficient (Wildman–Crippen LogP) is 3.39. The Morgan fingerprint density at radius 2 is 2.00 bits per heavy atom. The van der Waals surface area contributed by atoms with Gasteiger partial charge in [0.1, 0.15) is 0 Å². The van der Waals surface area contributed by atoms with Gasteiger partial charge in [0.2, 0.25) is 0 Å². The number of anilines is 1. The number of hydrogen-bond donors (Lipinski definition) is 2. The maximum Gasteiger partial charge on any atom is 0.256 e. The minimum atomic E-state index is 0.165. The van der Waals surface area contributed by atoms with E-state index in [1.165, 1.54) is 16.7 Å². The molecule has 0 saturated carbocycles. The van der Waals surface area contributed by atoms with Crippen molar-refractivity contribution in [3.8, 4) is 0 Å². The third-order valence-corrected chi connectivity index (χ3v) is 6.64. The fraction of sp³-hybridized carbons (Fsp3) is 0.435. The molecule has 2 aromatic rings. The first-order valence-corrected chi connectivity index (χ1v) is 10.2. The molecule has 2 aromatic carbocycles. The van der Waals surface area contributed by atoms with Crippen molar-refractivity contribution >= 4 is 11.6 Å². The molecule has 27 heavy (non-hydrogen) atoms. The molecule has 2 N–H and O–H groups in total. The average molecular weight is 361 g/mol. The zero-order chi connectivity index (χ0) is 18.4. The van der Waals surface area contributed by atoms with Gasteiger partial charge in [-0.15, -0.1) is 0 Å². The van der Waals surface area contributed by atoms with Crippen LogP contribution in [0.15, 0.2) is 42.5 Å². The van der Waals surface area contributed by atoms with Crippen LogP contribution >= 0.6 is 0 Å². The highest BCUT2D eigenvalue weighted by atomic mass is 16.2. The molecule has 0 unspecified atom stereocenters. The molecular formula is C23H27N3O. The molecule has 0 aliphatic carbocycles. The van der Waals surface area contributed by atoms with Crippen LogP contribution in [0, 0.1) is 18.8 Å². The number of fused-ring (bicyclic) bond motifs is 2. The van der Waals surface area contributed by atoms with Crippen molar-refractivity contribution in [1.82, 2.24) is 10.2 Å². The van der Waals surface area contributed by atoms with Crippen LogP contribution < -0.4 is 10.6 Å². The number of benzene rings is 2. The molecule has 4 heteroatoms. The maximum atomic E-state index is 13.7. The van der Waals surface area contributed by atoms with Crippen LogP contribution in [-0.4, -0.2) is 37.0 Å². The number of likely N-dealkylation sites (tertiary alicyclic amines) is 1. The fourth-order valence-corrected chi connectivity index (χ4v) is 5.29. The summed E-state index contributed by atoms with van der Waals surface area (Å²) < 4.78 is 0. The van der Waals surface area contributed by atoms with Crippen molar-refractivity contribution in [3.63, 3.8) is 0 Å². The topological polar surface area (TPSA) is 44.4 Å². The number of carbonyl (C=O) groups is 1. The van der Waals surface area contributed by atoms with Gasteiger partial charge in [-0.2, -0.15) is 0 Å². The van der Waals surface area contributed by atoms with E-state index in [-0.39, 0.29) is 11.9 Å². The van der Waals surface area contributed by atoms with E-state index >= 15 is 0 Å². The highest BCUT2D eigenvalue weighted by molar-refractivity contribution is 6.01. The molecule has 0 spiro atoms. The third kappa shape index (κ3) is 2.74. The first-order chi connectivity index (χ1) is 13.2. The van der Waals surface area contributed by atoms with Crippen molar-refractivity contribution in [3.05, 3.63) is 64.7 Å². The zero-order valence-electron chi connectivity index (χ0n) is 15.9. The minimum Gasteiger partial charge on any atom is -0.384 e. The van der Waals surface area contributed by atoms with Gasteiger partial charge in [0.15, 0.2) is 0 Å². The van der Waals surface area contributed by atoms with Crippen LogP contribution in [0.5, 0.6) is 0 Å². The van der Waals surface area contributed by atoms with E-state index in [4.69, 9.17) is 0 Å². The number of amides is 1. The molecule has 0 radical (unpaired) electrons. The summed E-state index contributed by atoms with van der Waals surface area (Å²) in [7, 11) is 0. The Hall–Kier alpha value is -2.33. The molecule has 2 fully saturated rings. The van der Waals surface area contributed by atoms with Crippen molar-refractivity contribution in [1.29, 1.82) is 0 Å². The molecular weight excluding hydrogens is 334 g/mol. The lowest BCUT2D eigenvalue weighted by atomic mass is 9.87. The second-order valence-electron chi connectivity index (χ2n) is 8.21. The largest absolute Gasteiger partial charge is 0.384 e. The number of nitrogens with one attached hydrogen (secondary N) is 2. The van der Waals surface area contributed by atoms with Crippen LogP contribution in [0.25, 0.3) is 0 Å². The number of nitrogens with zero attached hydrogens (tertiary/aromatic N) is 1. The molecule has 3 aliphatic rings. The lowest BCUT2D eigenvalue weighted by molar-refractivity contribution is 0.0714. The second kappa shape index (κ2) is 6.68. The smallest absolute Gasteiger partial charge is 0.256 e. The number of rotatable bonds is 2. The standard InChI is InChI=1S/C23H27N3O/c1-15-6-2-3-9-18(15)22-20-13-24-12-17(20)14-26(22)23(27)19-10-4-7-16-8-5-11-25-21(16)19/h2-4,6-7,9-10,17,20,22,24-25H,5,8,11-14H2,1H3/t17-,20-,22-/m0/s1. The van der Waals surface area contributed by atoms with E-state index < -0.39 is 0 Å². The van der Waals surface area contributed by atoms with E-state index in [1.54, 1.807) is 0 Å². The lowest BCUT2D eigenvalue weighted by Crippen LogP contribution is -2.35. The van der Waals surface area contributed by atoms with E-state index in [9.17, 15) is 4.79 Å². The average Bonchev–Trinajstić information content (AvgIpc) is 3.29. The molecule has 3 aliphatic heterocycles. The first-order valence-electron chi connectivity index (χ1n) is 10.2. The Balaban J connectivity index is 1.55. The van der Waals surface area contributed by atoms with Gasteiger partial charge in [-0.3, -0.25) is 4.79 Å². The number of aryl methyl sites for hydroxylation is 2. The van der Waals surface area contributed by atoms with E-state index in [0.717, 1.165) is 50.3 Å². The Kier molecular flexibility index (Phi) is 4.16. The van der Waals surface area contributed by atoms with Gasteiger partial charge in [-0.25, -0.2) is 0 Å². The molecule has 5 rings (SSSR count). The highest BCUT2D eigenvalue weighted by Crippen LogP contribution is 2.44. The van der Waals surface area contributed by atoms with Gasteiger partial charge in [-0.05, 0) is 48.4 Å². The number of para-hydroxylation sites is 1. The summed E-state index contributed by atoms with van der Waals surface area (Å²) in [4.78, 5) is 15.9. The highest BCUT2D eigenvalue weighted by Gasteiger charge is 2.47. The summed E-state index contributed by atoms with van der Waals surface area (Å²) in [6.45, 7) is 5.98. The molecule has 4 nitrogen and oxygen atoms in total. The quantitative estimate of drug-likeness (QED) is 0.862. The van der Waals surface area contributed by atoms with Crippen LogP contribution in [0.1, 0.15) is 39.5 Å². The van der Waals surface area contributed by atoms with Crippen molar-refractivity contribution in [2.45, 2.75) is 25.8 Å². The van der Waals surface area contributed by atoms with Gasteiger partial charge in [0, 0.05) is 32.1 Å². The SMILES string of the molecule is Cc1ccccc1[C@H]1[C@H]2CNC[C@H]2CN1C(=O)c1cccc2c1NCCC2. The summed E-state index contributed by atoms with van der Waals surface area (Å²) >= 11 is 0.